The zero-order chi connectivity index (χ0) is 29.2. The fourth-order valence-corrected chi connectivity index (χ4v) is 5.16. The van der Waals surface area contributed by atoms with Gasteiger partial charge < -0.3 is 31.4 Å². The highest BCUT2D eigenvalue weighted by molar-refractivity contribution is 5.96. The predicted molar refractivity (Wildman–Crippen MR) is 164 cm³/mol. The number of carbonyl (C=O) groups excluding carboxylic acids is 4. The molecule has 0 aliphatic carbocycles. The highest BCUT2D eigenvalue weighted by Crippen LogP contribution is 2.25. The first-order valence-corrected chi connectivity index (χ1v) is 13.7. The molecule has 11 nitrogen and oxygen atoms in total. The summed E-state index contributed by atoms with van der Waals surface area (Å²) < 4.78 is 0. The highest BCUT2D eigenvalue weighted by atomic mass is 35.5. The number of hydrogen-bond acceptors (Lipinski definition) is 7. The van der Waals surface area contributed by atoms with Crippen molar-refractivity contribution in [1.82, 2.24) is 20.5 Å². The minimum atomic E-state index is -0.803. The molecule has 12 heteroatoms. The van der Waals surface area contributed by atoms with Crippen LogP contribution in [0, 0.1) is 5.41 Å². The maximum absolute atomic E-state index is 14.1. The first-order chi connectivity index (χ1) is 19.9. The molecule has 1 fully saturated rings. The number of likely N-dealkylation sites (tertiary alicyclic amines) is 1. The highest BCUT2D eigenvalue weighted by Gasteiger charge is 2.38. The Morgan fingerprint density at radius 2 is 1.88 bits per heavy atom. The van der Waals surface area contributed by atoms with Crippen molar-refractivity contribution in [2.75, 3.05) is 18.4 Å². The van der Waals surface area contributed by atoms with E-state index in [0.29, 0.717) is 62.0 Å². The second-order valence-electron chi connectivity index (χ2n) is 10.0. The van der Waals surface area contributed by atoms with Crippen LogP contribution < -0.4 is 21.7 Å². The zero-order valence-corrected chi connectivity index (χ0v) is 23.9. The number of rotatable bonds is 13. The minimum Gasteiger partial charge on any atom is -0.370 e. The van der Waals surface area contributed by atoms with Crippen molar-refractivity contribution in [2.45, 2.75) is 50.2 Å². The topological polar surface area (TPSA) is 170 Å². The number of pyridine rings is 1. The van der Waals surface area contributed by atoms with Crippen LogP contribution >= 0.6 is 12.4 Å². The van der Waals surface area contributed by atoms with Gasteiger partial charge in [0.15, 0.2) is 5.96 Å². The minimum absolute atomic E-state index is 0. The van der Waals surface area contributed by atoms with Gasteiger partial charge in [0.05, 0.1) is 6.04 Å². The number of nitrogens with two attached hydrogens (primary N) is 1. The summed E-state index contributed by atoms with van der Waals surface area (Å²) in [5.41, 5.74) is 6.47. The number of fused-ring (bicyclic) bond motifs is 1. The number of amides is 2. The van der Waals surface area contributed by atoms with Gasteiger partial charge in [-0.1, -0.05) is 48.5 Å². The first kappa shape index (κ1) is 32.0. The van der Waals surface area contributed by atoms with E-state index in [-0.39, 0.29) is 36.6 Å². The molecule has 4 rings (SSSR count). The molecule has 3 aromatic rings. The smallest absolute Gasteiger partial charge is 0.246 e. The number of carbonyl (C=O) groups is 4. The van der Waals surface area contributed by atoms with Gasteiger partial charge in [-0.3, -0.25) is 19.8 Å². The summed E-state index contributed by atoms with van der Waals surface area (Å²) in [4.78, 5) is 56.8. The Morgan fingerprint density at radius 3 is 2.64 bits per heavy atom. The Labute approximate surface area is 250 Å². The number of guanidine groups is 1. The van der Waals surface area contributed by atoms with Crippen LogP contribution in [-0.4, -0.2) is 71.4 Å². The SMILES string of the molecule is Cl.N=C(N)NCCC[C@@H](C=O)NC(=O)[C@@H]1CCCN1C(=O)[C@@H](Cc1ccccc1C=O)Nc1nccc2ccccc12. The summed E-state index contributed by atoms with van der Waals surface area (Å²) in [7, 11) is 0. The second kappa shape index (κ2) is 15.5. The number of nitrogens with one attached hydrogen (secondary N) is 4. The lowest BCUT2D eigenvalue weighted by molar-refractivity contribution is -0.139. The van der Waals surface area contributed by atoms with Crippen LogP contribution in [-0.2, 0) is 20.8 Å². The van der Waals surface area contributed by atoms with Crippen LogP contribution in [0.15, 0.2) is 60.8 Å². The molecule has 0 unspecified atom stereocenters. The lowest BCUT2D eigenvalue weighted by Gasteiger charge is -2.30. The average molecular weight is 594 g/mol. The maximum Gasteiger partial charge on any atom is 0.246 e. The summed E-state index contributed by atoms with van der Waals surface area (Å²) in [5.74, 6) is -0.297. The molecule has 1 aromatic heterocycles. The monoisotopic (exact) mass is 593 g/mol. The Morgan fingerprint density at radius 1 is 1.12 bits per heavy atom. The third-order valence-electron chi connectivity index (χ3n) is 7.23. The summed E-state index contributed by atoms with van der Waals surface area (Å²) in [5, 5.41) is 17.8. The predicted octanol–water partition coefficient (Wildman–Crippen LogP) is 2.43. The molecule has 1 saturated heterocycles. The Hall–Kier alpha value is -4.51. The lowest BCUT2D eigenvalue weighted by Crippen LogP contribution is -2.53. The number of aromatic nitrogens is 1. The van der Waals surface area contributed by atoms with Gasteiger partial charge in [-0.15, -0.1) is 12.4 Å². The van der Waals surface area contributed by atoms with E-state index in [1.165, 1.54) is 0 Å². The van der Waals surface area contributed by atoms with E-state index >= 15 is 0 Å². The molecule has 2 heterocycles. The van der Waals surface area contributed by atoms with Crippen molar-refractivity contribution in [3.8, 4) is 0 Å². The fourth-order valence-electron chi connectivity index (χ4n) is 5.16. The van der Waals surface area contributed by atoms with Crippen molar-refractivity contribution in [2.24, 2.45) is 5.73 Å². The zero-order valence-electron chi connectivity index (χ0n) is 23.1. The Bertz CT molecular complexity index is 1410. The van der Waals surface area contributed by atoms with E-state index in [2.05, 4.69) is 20.9 Å². The number of anilines is 1. The van der Waals surface area contributed by atoms with E-state index < -0.39 is 18.1 Å². The van der Waals surface area contributed by atoms with Gasteiger partial charge >= 0.3 is 0 Å². The molecule has 1 aliphatic rings. The van der Waals surface area contributed by atoms with Crippen LogP contribution in [0.4, 0.5) is 5.82 Å². The molecule has 1 aliphatic heterocycles. The van der Waals surface area contributed by atoms with E-state index in [4.69, 9.17) is 11.1 Å². The Balaban J connectivity index is 0.00000484. The molecule has 3 atom stereocenters. The lowest BCUT2D eigenvalue weighted by atomic mass is 9.99. The third-order valence-corrected chi connectivity index (χ3v) is 7.23. The van der Waals surface area contributed by atoms with Crippen LogP contribution in [0.25, 0.3) is 10.8 Å². The van der Waals surface area contributed by atoms with Gasteiger partial charge in [0.25, 0.3) is 0 Å². The first-order valence-electron chi connectivity index (χ1n) is 13.7. The van der Waals surface area contributed by atoms with Crippen LogP contribution in [0.5, 0.6) is 0 Å². The van der Waals surface area contributed by atoms with Crippen LogP contribution in [0.3, 0.4) is 0 Å². The largest absolute Gasteiger partial charge is 0.370 e. The molecule has 0 bridgehead atoms. The maximum atomic E-state index is 14.1. The standard InChI is InChI=1S/C30H35N7O4.ClH/c31-30(32)34-14-5-10-23(19-39)35-28(40)26-12-6-16-37(26)29(41)25(17-21-8-1-2-9-22(21)18-38)36-27-24-11-4-3-7-20(24)13-15-33-27;/h1-4,7-9,11,13,15,18-19,23,25-26H,5-6,10,12,14,16-17H2,(H,33,36)(H,35,40)(H4,31,32,34);1H/t23-,25+,26-;/m0./s1. The fraction of sp³-hybridized carbons (Fsp3) is 0.333. The van der Waals surface area contributed by atoms with Gasteiger partial charge in [-0.05, 0) is 42.7 Å². The molecule has 6 N–H and O–H groups in total. The number of nitrogens with zero attached hydrogens (tertiary/aromatic N) is 2. The van der Waals surface area contributed by atoms with E-state index in [1.54, 1.807) is 23.2 Å². The molecule has 0 radical (unpaired) electrons. The molecule has 222 valence electrons. The molecule has 0 saturated carbocycles. The van der Waals surface area contributed by atoms with Crippen LogP contribution in [0.1, 0.15) is 41.6 Å². The molecule has 0 spiro atoms. The molecule has 2 amide bonds. The number of hydrogen-bond donors (Lipinski definition) is 5. The Kier molecular flexibility index (Phi) is 11.8. The number of halogens is 1. The summed E-state index contributed by atoms with van der Waals surface area (Å²) in [6.45, 7) is 0.795. The normalized spacial score (nSPS) is 15.6. The van der Waals surface area contributed by atoms with Crippen molar-refractivity contribution < 1.29 is 19.2 Å². The third kappa shape index (κ3) is 8.03. The molecular weight excluding hydrogens is 558 g/mol. The van der Waals surface area contributed by atoms with Gasteiger partial charge in [0.2, 0.25) is 11.8 Å². The van der Waals surface area contributed by atoms with E-state index in [1.807, 2.05) is 42.5 Å². The van der Waals surface area contributed by atoms with Crippen molar-refractivity contribution >= 4 is 59.3 Å². The number of aldehydes is 2. The van der Waals surface area contributed by atoms with Crippen LogP contribution in [0.2, 0.25) is 0 Å². The van der Waals surface area contributed by atoms with Gasteiger partial charge in [-0.2, -0.15) is 0 Å². The molecule has 42 heavy (non-hydrogen) atoms. The second-order valence-corrected chi connectivity index (χ2v) is 10.0. The molecular formula is C30H36ClN7O4. The van der Waals surface area contributed by atoms with Crippen molar-refractivity contribution in [3.63, 3.8) is 0 Å². The van der Waals surface area contributed by atoms with Crippen molar-refractivity contribution in [3.05, 3.63) is 71.9 Å². The number of benzene rings is 2. The summed E-state index contributed by atoms with van der Waals surface area (Å²) in [6, 6.07) is 14.4. The van der Waals surface area contributed by atoms with Gasteiger partial charge in [-0.25, -0.2) is 4.98 Å². The van der Waals surface area contributed by atoms with E-state index in [9.17, 15) is 19.2 Å². The summed E-state index contributed by atoms with van der Waals surface area (Å²) in [6.07, 6.45) is 5.34. The molecule has 2 aromatic carbocycles. The van der Waals surface area contributed by atoms with E-state index in [0.717, 1.165) is 17.1 Å². The van der Waals surface area contributed by atoms with Gasteiger partial charge in [0, 0.05) is 36.7 Å². The van der Waals surface area contributed by atoms with Crippen molar-refractivity contribution in [1.29, 1.82) is 5.41 Å². The average Bonchev–Trinajstić information content (AvgIpc) is 3.48. The quantitative estimate of drug-likeness (QED) is 0.0870. The van der Waals surface area contributed by atoms with Gasteiger partial charge in [0.1, 0.15) is 30.5 Å². The summed E-state index contributed by atoms with van der Waals surface area (Å²) >= 11 is 0.